The maximum atomic E-state index is 3.66. The molecular formula is C17H22N2S. The summed E-state index contributed by atoms with van der Waals surface area (Å²) in [6, 6.07) is 13.7. The summed E-state index contributed by atoms with van der Waals surface area (Å²) < 4.78 is 0. The Morgan fingerprint density at radius 2 is 2.05 bits per heavy atom. The maximum absolute atomic E-state index is 3.66. The Bertz CT molecular complexity index is 536. The summed E-state index contributed by atoms with van der Waals surface area (Å²) in [6.07, 6.45) is 2.32. The Morgan fingerprint density at radius 3 is 2.85 bits per heavy atom. The van der Waals surface area contributed by atoms with Crippen molar-refractivity contribution in [3.05, 3.63) is 57.8 Å². The van der Waals surface area contributed by atoms with Gasteiger partial charge in [0, 0.05) is 30.6 Å². The third-order valence-corrected chi connectivity index (χ3v) is 4.95. The van der Waals surface area contributed by atoms with Gasteiger partial charge in [0.05, 0.1) is 0 Å². The normalized spacial score (nSPS) is 18.2. The van der Waals surface area contributed by atoms with Crippen molar-refractivity contribution in [3.63, 3.8) is 0 Å². The van der Waals surface area contributed by atoms with Crippen LogP contribution in [0.3, 0.4) is 0 Å². The highest BCUT2D eigenvalue weighted by atomic mass is 32.1. The van der Waals surface area contributed by atoms with Crippen molar-refractivity contribution in [3.8, 4) is 0 Å². The number of hydrogen-bond acceptors (Lipinski definition) is 3. The second-order valence-corrected chi connectivity index (χ2v) is 6.67. The molecule has 3 rings (SSSR count). The molecule has 1 aliphatic heterocycles. The van der Waals surface area contributed by atoms with E-state index in [1.165, 1.54) is 16.0 Å². The zero-order valence-corrected chi connectivity index (χ0v) is 12.8. The molecule has 0 saturated carbocycles. The van der Waals surface area contributed by atoms with E-state index in [1.807, 2.05) is 11.3 Å². The summed E-state index contributed by atoms with van der Waals surface area (Å²) >= 11 is 1.86. The molecule has 1 aromatic carbocycles. The second-order valence-electron chi connectivity index (χ2n) is 5.64. The van der Waals surface area contributed by atoms with Crippen LogP contribution in [0.2, 0.25) is 0 Å². The Morgan fingerprint density at radius 1 is 1.20 bits per heavy atom. The highest BCUT2D eigenvalue weighted by Gasteiger charge is 2.18. The van der Waals surface area contributed by atoms with E-state index >= 15 is 0 Å². The largest absolute Gasteiger partial charge is 0.308 e. The summed E-state index contributed by atoms with van der Waals surface area (Å²) in [4.78, 5) is 3.93. The van der Waals surface area contributed by atoms with Gasteiger partial charge in [0.2, 0.25) is 0 Å². The monoisotopic (exact) mass is 286 g/mol. The Balaban J connectivity index is 1.49. The number of benzene rings is 1. The molecule has 0 spiro atoms. The fourth-order valence-corrected chi connectivity index (χ4v) is 3.57. The van der Waals surface area contributed by atoms with Crippen molar-refractivity contribution >= 4 is 11.3 Å². The molecule has 1 N–H and O–H groups in total. The van der Waals surface area contributed by atoms with Crippen LogP contribution in [0.1, 0.15) is 16.0 Å². The Kier molecular flexibility index (Phi) is 4.51. The van der Waals surface area contributed by atoms with Crippen LogP contribution in [-0.2, 0) is 19.4 Å². The van der Waals surface area contributed by atoms with Crippen LogP contribution in [0.5, 0.6) is 0 Å². The van der Waals surface area contributed by atoms with Crippen LogP contribution >= 0.6 is 11.3 Å². The summed E-state index contributed by atoms with van der Waals surface area (Å²) in [5, 5.41) is 5.82. The second kappa shape index (κ2) is 6.53. The van der Waals surface area contributed by atoms with Gasteiger partial charge in [-0.25, -0.2) is 0 Å². The fraction of sp³-hybridized carbons (Fsp3) is 0.412. The Labute approximate surface area is 125 Å². The highest BCUT2D eigenvalue weighted by molar-refractivity contribution is 7.09. The third kappa shape index (κ3) is 3.48. The minimum absolute atomic E-state index is 0.582. The molecule has 0 saturated heterocycles. The molecular weight excluding hydrogens is 264 g/mol. The first-order valence-electron chi connectivity index (χ1n) is 7.32. The molecule has 0 fully saturated rings. The van der Waals surface area contributed by atoms with Crippen molar-refractivity contribution in [2.24, 2.45) is 0 Å². The smallest absolute Gasteiger partial charge is 0.0238 e. The fourth-order valence-electron chi connectivity index (χ4n) is 2.87. The van der Waals surface area contributed by atoms with Gasteiger partial charge in [-0.3, -0.25) is 0 Å². The van der Waals surface area contributed by atoms with E-state index in [4.69, 9.17) is 0 Å². The molecule has 2 heterocycles. The molecule has 3 heteroatoms. The van der Waals surface area contributed by atoms with Crippen LogP contribution in [-0.4, -0.2) is 31.1 Å². The molecule has 0 radical (unpaired) electrons. The third-order valence-electron chi connectivity index (χ3n) is 4.02. The summed E-state index contributed by atoms with van der Waals surface area (Å²) in [7, 11) is 2.23. The first-order valence-corrected chi connectivity index (χ1v) is 8.20. The molecule has 20 heavy (non-hydrogen) atoms. The number of hydrogen-bond donors (Lipinski definition) is 1. The number of fused-ring (bicyclic) bond motifs is 1. The van der Waals surface area contributed by atoms with Gasteiger partial charge in [0.25, 0.3) is 0 Å². The van der Waals surface area contributed by atoms with Gasteiger partial charge in [0.1, 0.15) is 0 Å². The van der Waals surface area contributed by atoms with E-state index in [0.29, 0.717) is 6.04 Å². The molecule has 0 bridgehead atoms. The molecule has 1 aromatic heterocycles. The minimum Gasteiger partial charge on any atom is -0.308 e. The van der Waals surface area contributed by atoms with Crippen molar-refractivity contribution in [2.75, 3.05) is 20.1 Å². The molecule has 106 valence electrons. The number of nitrogens with zero attached hydrogens (tertiary/aromatic N) is 1. The molecule has 0 amide bonds. The minimum atomic E-state index is 0.582. The van der Waals surface area contributed by atoms with E-state index in [1.54, 1.807) is 0 Å². The van der Waals surface area contributed by atoms with Gasteiger partial charge in [-0.2, -0.15) is 0 Å². The van der Waals surface area contributed by atoms with Crippen LogP contribution in [0, 0.1) is 0 Å². The SMILES string of the molecule is CN(CCc1cccs1)CC1Cc2ccccc2CN1. The molecule has 1 atom stereocenters. The van der Waals surface area contributed by atoms with E-state index in [0.717, 1.165) is 32.5 Å². The lowest BCUT2D eigenvalue weighted by Gasteiger charge is -2.29. The van der Waals surface area contributed by atoms with Crippen molar-refractivity contribution in [1.29, 1.82) is 0 Å². The van der Waals surface area contributed by atoms with Crippen molar-refractivity contribution in [1.82, 2.24) is 10.2 Å². The Hall–Kier alpha value is -1.16. The maximum Gasteiger partial charge on any atom is 0.0238 e. The van der Waals surface area contributed by atoms with Gasteiger partial charge in [-0.15, -0.1) is 11.3 Å². The summed E-state index contributed by atoms with van der Waals surface area (Å²) in [5.41, 5.74) is 2.98. The first-order chi connectivity index (χ1) is 9.81. The molecule has 1 aliphatic rings. The lowest BCUT2D eigenvalue weighted by Crippen LogP contribution is -2.43. The molecule has 2 nitrogen and oxygen atoms in total. The predicted molar refractivity (Wildman–Crippen MR) is 86.3 cm³/mol. The zero-order chi connectivity index (χ0) is 13.8. The topological polar surface area (TPSA) is 15.3 Å². The van der Waals surface area contributed by atoms with Crippen LogP contribution in [0.4, 0.5) is 0 Å². The lowest BCUT2D eigenvalue weighted by atomic mass is 9.96. The van der Waals surface area contributed by atoms with Crippen LogP contribution in [0.15, 0.2) is 41.8 Å². The summed E-state index contributed by atoms with van der Waals surface area (Å²) in [5.74, 6) is 0. The average Bonchev–Trinajstić information content (AvgIpc) is 2.98. The molecule has 0 aliphatic carbocycles. The van der Waals surface area contributed by atoms with Crippen molar-refractivity contribution < 1.29 is 0 Å². The van der Waals surface area contributed by atoms with Crippen molar-refractivity contribution in [2.45, 2.75) is 25.4 Å². The van der Waals surface area contributed by atoms with Crippen LogP contribution < -0.4 is 5.32 Å². The van der Waals surface area contributed by atoms with Gasteiger partial charge < -0.3 is 10.2 Å². The number of nitrogens with one attached hydrogen (secondary N) is 1. The van der Waals surface area contributed by atoms with Gasteiger partial charge >= 0.3 is 0 Å². The highest BCUT2D eigenvalue weighted by Crippen LogP contribution is 2.17. The molecule has 2 aromatic rings. The number of likely N-dealkylation sites (N-methyl/N-ethyl adjacent to an activating group) is 1. The van der Waals surface area contributed by atoms with Gasteiger partial charge in [-0.05, 0) is 42.5 Å². The average molecular weight is 286 g/mol. The van der Waals surface area contributed by atoms with E-state index in [9.17, 15) is 0 Å². The lowest BCUT2D eigenvalue weighted by molar-refractivity contribution is 0.284. The standard InChI is InChI=1S/C17H22N2S/c1-19(9-8-17-7-4-10-20-17)13-16-11-14-5-2-3-6-15(14)12-18-16/h2-7,10,16,18H,8-9,11-13H2,1H3. The summed E-state index contributed by atoms with van der Waals surface area (Å²) in [6.45, 7) is 3.28. The van der Waals surface area contributed by atoms with Gasteiger partial charge in [-0.1, -0.05) is 30.3 Å². The van der Waals surface area contributed by atoms with Gasteiger partial charge in [0.15, 0.2) is 0 Å². The first kappa shape index (κ1) is 13.8. The predicted octanol–water partition coefficient (Wildman–Crippen LogP) is 2.94. The van der Waals surface area contributed by atoms with Crippen LogP contribution in [0.25, 0.3) is 0 Å². The number of thiophene rings is 1. The number of rotatable bonds is 5. The quantitative estimate of drug-likeness (QED) is 0.909. The van der Waals surface area contributed by atoms with E-state index in [-0.39, 0.29) is 0 Å². The molecule has 1 unspecified atom stereocenters. The van der Waals surface area contributed by atoms with E-state index in [2.05, 4.69) is 59.0 Å². The van der Waals surface area contributed by atoms with E-state index < -0.39 is 0 Å². The zero-order valence-electron chi connectivity index (χ0n) is 12.0.